The van der Waals surface area contributed by atoms with Crippen molar-refractivity contribution in [2.45, 2.75) is 0 Å². The number of amides is 1. The minimum atomic E-state index is -0.199. The topological polar surface area (TPSA) is 46.9 Å². The maximum Gasteiger partial charge on any atom is 0.329 e. The lowest BCUT2D eigenvalue weighted by Crippen LogP contribution is -2.17. The van der Waals surface area contributed by atoms with Crippen molar-refractivity contribution in [1.82, 2.24) is 9.55 Å². The average Bonchev–Trinajstić information content (AvgIpc) is 3.20. The van der Waals surface area contributed by atoms with Gasteiger partial charge in [0.25, 0.3) is 0 Å². The van der Waals surface area contributed by atoms with E-state index in [4.69, 9.17) is 0 Å². The van der Waals surface area contributed by atoms with Gasteiger partial charge in [0.15, 0.2) is 0 Å². The SMILES string of the molecule is O=C(Nc1cccc(-c2cccnc2)c1)n1ccc(-c2ccccc2)c1. The molecule has 0 aliphatic carbocycles. The molecule has 0 saturated carbocycles. The first kappa shape index (κ1) is 15.8. The standard InChI is InChI=1S/C22H17N3O/c26-22(25-13-11-20(16-25)17-6-2-1-3-7-17)24-21-10-4-8-18(14-21)19-9-5-12-23-15-19/h1-16H,(H,24,26). The van der Waals surface area contributed by atoms with Crippen molar-refractivity contribution in [1.29, 1.82) is 0 Å². The van der Waals surface area contributed by atoms with E-state index in [0.717, 1.165) is 27.9 Å². The minimum Gasteiger partial charge on any atom is -0.307 e. The number of hydrogen-bond donors (Lipinski definition) is 1. The number of nitrogens with zero attached hydrogens (tertiary/aromatic N) is 2. The summed E-state index contributed by atoms with van der Waals surface area (Å²) in [6, 6.07) is 23.3. The lowest BCUT2D eigenvalue weighted by atomic mass is 10.1. The van der Waals surface area contributed by atoms with Crippen molar-refractivity contribution in [2.75, 3.05) is 5.32 Å². The van der Waals surface area contributed by atoms with Crippen LogP contribution in [-0.2, 0) is 0 Å². The van der Waals surface area contributed by atoms with Crippen LogP contribution < -0.4 is 5.32 Å². The number of benzene rings is 2. The van der Waals surface area contributed by atoms with Crippen LogP contribution in [0.4, 0.5) is 10.5 Å². The van der Waals surface area contributed by atoms with E-state index in [1.807, 2.05) is 79.0 Å². The van der Waals surface area contributed by atoms with Crippen LogP contribution in [0.15, 0.2) is 97.6 Å². The number of nitrogens with one attached hydrogen (secondary N) is 1. The largest absolute Gasteiger partial charge is 0.329 e. The summed E-state index contributed by atoms with van der Waals surface area (Å²) in [6.07, 6.45) is 7.14. The Bertz CT molecular complexity index is 1020. The van der Waals surface area contributed by atoms with Crippen LogP contribution in [0.2, 0.25) is 0 Å². The Hall–Kier alpha value is -3.66. The number of carbonyl (C=O) groups is 1. The molecule has 126 valence electrons. The molecule has 4 heteroatoms. The van der Waals surface area contributed by atoms with Crippen LogP contribution in [0.5, 0.6) is 0 Å². The van der Waals surface area contributed by atoms with Crippen molar-refractivity contribution < 1.29 is 4.79 Å². The first-order valence-electron chi connectivity index (χ1n) is 8.35. The molecule has 0 atom stereocenters. The Morgan fingerprint density at radius 1 is 0.808 bits per heavy atom. The van der Waals surface area contributed by atoms with Gasteiger partial charge < -0.3 is 5.32 Å². The van der Waals surface area contributed by atoms with Crippen LogP contribution in [0.3, 0.4) is 0 Å². The second kappa shape index (κ2) is 7.07. The lowest BCUT2D eigenvalue weighted by molar-refractivity contribution is 0.253. The Morgan fingerprint density at radius 3 is 2.42 bits per heavy atom. The molecule has 2 aromatic carbocycles. The zero-order valence-corrected chi connectivity index (χ0v) is 14.0. The third kappa shape index (κ3) is 3.39. The van der Waals surface area contributed by atoms with Gasteiger partial charge in [0.1, 0.15) is 0 Å². The van der Waals surface area contributed by atoms with Crippen molar-refractivity contribution in [3.05, 3.63) is 97.6 Å². The molecule has 4 rings (SSSR count). The van der Waals surface area contributed by atoms with Gasteiger partial charge >= 0.3 is 6.03 Å². The summed E-state index contributed by atoms with van der Waals surface area (Å²) in [4.78, 5) is 16.7. The molecule has 0 saturated heterocycles. The molecule has 0 fully saturated rings. The molecule has 26 heavy (non-hydrogen) atoms. The fourth-order valence-electron chi connectivity index (χ4n) is 2.82. The molecular weight excluding hydrogens is 322 g/mol. The minimum absolute atomic E-state index is 0.199. The molecule has 4 nitrogen and oxygen atoms in total. The normalized spacial score (nSPS) is 10.5. The predicted octanol–water partition coefficient (Wildman–Crippen LogP) is 5.30. The third-order valence-corrected chi connectivity index (χ3v) is 4.14. The van der Waals surface area contributed by atoms with E-state index in [0.29, 0.717) is 0 Å². The summed E-state index contributed by atoms with van der Waals surface area (Å²) in [5.41, 5.74) is 4.85. The van der Waals surface area contributed by atoms with E-state index < -0.39 is 0 Å². The van der Waals surface area contributed by atoms with E-state index in [1.54, 1.807) is 23.2 Å². The second-order valence-corrected chi connectivity index (χ2v) is 5.93. The first-order chi connectivity index (χ1) is 12.8. The van der Waals surface area contributed by atoms with Crippen LogP contribution in [0.1, 0.15) is 0 Å². The highest BCUT2D eigenvalue weighted by molar-refractivity contribution is 5.92. The van der Waals surface area contributed by atoms with E-state index in [-0.39, 0.29) is 6.03 Å². The van der Waals surface area contributed by atoms with Crippen LogP contribution >= 0.6 is 0 Å². The highest BCUT2D eigenvalue weighted by Gasteiger charge is 2.08. The predicted molar refractivity (Wildman–Crippen MR) is 104 cm³/mol. The number of pyridine rings is 1. The molecule has 4 aromatic rings. The fraction of sp³-hybridized carbons (Fsp3) is 0. The van der Waals surface area contributed by atoms with Crippen LogP contribution in [0, 0.1) is 0 Å². The molecule has 0 aliphatic heterocycles. The maximum atomic E-state index is 12.5. The van der Waals surface area contributed by atoms with E-state index in [2.05, 4.69) is 10.3 Å². The Morgan fingerprint density at radius 2 is 1.62 bits per heavy atom. The highest BCUT2D eigenvalue weighted by atomic mass is 16.2. The van der Waals surface area contributed by atoms with Gasteiger partial charge in [-0.05, 0) is 41.0 Å². The third-order valence-electron chi connectivity index (χ3n) is 4.14. The summed E-state index contributed by atoms with van der Waals surface area (Å²) in [5.74, 6) is 0. The molecule has 0 aliphatic rings. The van der Waals surface area contributed by atoms with Crippen molar-refractivity contribution in [3.8, 4) is 22.3 Å². The molecule has 1 amide bonds. The molecule has 0 spiro atoms. The van der Waals surface area contributed by atoms with Crippen LogP contribution in [-0.4, -0.2) is 15.6 Å². The summed E-state index contributed by atoms with van der Waals surface area (Å²) in [7, 11) is 0. The Kier molecular flexibility index (Phi) is 4.31. The number of hydrogen-bond acceptors (Lipinski definition) is 2. The summed E-state index contributed by atoms with van der Waals surface area (Å²) in [6.45, 7) is 0. The van der Waals surface area contributed by atoms with Crippen molar-refractivity contribution in [2.24, 2.45) is 0 Å². The van der Waals surface area contributed by atoms with Crippen molar-refractivity contribution in [3.63, 3.8) is 0 Å². The smallest absolute Gasteiger partial charge is 0.307 e. The average molecular weight is 339 g/mol. The summed E-state index contributed by atoms with van der Waals surface area (Å²) >= 11 is 0. The number of aromatic nitrogens is 2. The van der Waals surface area contributed by atoms with Gasteiger partial charge in [-0.2, -0.15) is 0 Å². The van der Waals surface area contributed by atoms with Gasteiger partial charge in [-0.3, -0.25) is 9.55 Å². The van der Waals surface area contributed by atoms with Gasteiger partial charge in [0.05, 0.1) is 0 Å². The Balaban J connectivity index is 1.53. The monoisotopic (exact) mass is 339 g/mol. The molecule has 0 radical (unpaired) electrons. The Labute approximate surface area is 151 Å². The van der Waals surface area contributed by atoms with Gasteiger partial charge in [0, 0.05) is 36.0 Å². The van der Waals surface area contributed by atoms with E-state index in [1.165, 1.54) is 0 Å². The van der Waals surface area contributed by atoms with Gasteiger partial charge in [0.2, 0.25) is 0 Å². The first-order valence-corrected chi connectivity index (χ1v) is 8.35. The van der Waals surface area contributed by atoms with Gasteiger partial charge in [-0.15, -0.1) is 0 Å². The zero-order valence-electron chi connectivity index (χ0n) is 14.0. The molecule has 0 bridgehead atoms. The fourth-order valence-corrected chi connectivity index (χ4v) is 2.82. The quantitative estimate of drug-likeness (QED) is 0.551. The molecule has 2 heterocycles. The second-order valence-electron chi connectivity index (χ2n) is 5.93. The van der Waals surface area contributed by atoms with Crippen molar-refractivity contribution >= 4 is 11.7 Å². The molecule has 1 N–H and O–H groups in total. The van der Waals surface area contributed by atoms with Gasteiger partial charge in [-0.1, -0.05) is 48.5 Å². The van der Waals surface area contributed by atoms with Gasteiger partial charge in [-0.25, -0.2) is 4.79 Å². The highest BCUT2D eigenvalue weighted by Crippen LogP contribution is 2.22. The van der Waals surface area contributed by atoms with Crippen LogP contribution in [0.25, 0.3) is 22.3 Å². The lowest BCUT2D eigenvalue weighted by Gasteiger charge is -2.08. The maximum absolute atomic E-state index is 12.5. The number of rotatable bonds is 3. The zero-order chi connectivity index (χ0) is 17.8. The van der Waals surface area contributed by atoms with E-state index >= 15 is 0 Å². The summed E-state index contributed by atoms with van der Waals surface area (Å²) < 4.78 is 1.55. The molecule has 0 unspecified atom stereocenters. The number of anilines is 1. The molecule has 2 aromatic heterocycles. The number of carbonyl (C=O) groups excluding carboxylic acids is 1. The van der Waals surface area contributed by atoms with E-state index in [9.17, 15) is 4.79 Å². The molecular formula is C22H17N3O. The summed E-state index contributed by atoms with van der Waals surface area (Å²) in [5, 5.41) is 2.94.